The number of aliphatic hydroxyl groups is 1. The molecular formula is C11H22O3. The Morgan fingerprint density at radius 2 is 2.07 bits per heavy atom. The summed E-state index contributed by atoms with van der Waals surface area (Å²) in [5.74, 6) is 0.344. The lowest BCUT2D eigenvalue weighted by molar-refractivity contribution is -0.121. The van der Waals surface area contributed by atoms with Crippen molar-refractivity contribution in [2.75, 3.05) is 7.11 Å². The summed E-state index contributed by atoms with van der Waals surface area (Å²) in [4.78, 5) is 0. The Hall–Kier alpha value is -0.120. The van der Waals surface area contributed by atoms with Crippen LogP contribution in [0.1, 0.15) is 34.1 Å². The zero-order chi connectivity index (χ0) is 10.9. The van der Waals surface area contributed by atoms with Crippen LogP contribution in [0.15, 0.2) is 0 Å². The first-order valence-corrected chi connectivity index (χ1v) is 5.38. The van der Waals surface area contributed by atoms with Crippen molar-refractivity contribution in [2.24, 2.45) is 5.92 Å². The molecule has 0 spiro atoms. The maximum Gasteiger partial charge on any atom is 0.115 e. The highest BCUT2D eigenvalue weighted by Gasteiger charge is 2.54. The van der Waals surface area contributed by atoms with Gasteiger partial charge in [-0.1, -0.05) is 20.8 Å². The van der Waals surface area contributed by atoms with Crippen molar-refractivity contribution in [3.63, 3.8) is 0 Å². The van der Waals surface area contributed by atoms with Crippen molar-refractivity contribution in [2.45, 2.75) is 58.0 Å². The van der Waals surface area contributed by atoms with Crippen LogP contribution in [0.4, 0.5) is 0 Å². The van der Waals surface area contributed by atoms with Crippen LogP contribution in [0.25, 0.3) is 0 Å². The van der Waals surface area contributed by atoms with E-state index in [-0.39, 0.29) is 17.8 Å². The van der Waals surface area contributed by atoms with E-state index in [2.05, 4.69) is 20.8 Å². The molecule has 84 valence electrons. The second kappa shape index (κ2) is 4.17. The average molecular weight is 202 g/mol. The minimum Gasteiger partial charge on any atom is -0.388 e. The molecule has 1 saturated heterocycles. The summed E-state index contributed by atoms with van der Waals surface area (Å²) in [6.45, 7) is 8.20. The minimum atomic E-state index is -0.512. The molecule has 1 fully saturated rings. The third-order valence-electron chi connectivity index (χ3n) is 3.46. The minimum absolute atomic E-state index is 0.137. The van der Waals surface area contributed by atoms with Crippen molar-refractivity contribution >= 4 is 0 Å². The van der Waals surface area contributed by atoms with Crippen molar-refractivity contribution in [1.82, 2.24) is 0 Å². The predicted molar refractivity (Wildman–Crippen MR) is 55.2 cm³/mol. The Morgan fingerprint density at radius 1 is 1.50 bits per heavy atom. The molecule has 1 aliphatic heterocycles. The molecule has 0 aromatic heterocycles. The smallest absolute Gasteiger partial charge is 0.115 e. The summed E-state index contributed by atoms with van der Waals surface area (Å²) in [5, 5.41) is 9.92. The Bertz CT molecular complexity index is 193. The van der Waals surface area contributed by atoms with E-state index in [4.69, 9.17) is 9.47 Å². The molecule has 0 aromatic rings. The largest absolute Gasteiger partial charge is 0.388 e. The molecule has 3 heteroatoms. The van der Waals surface area contributed by atoms with Crippen molar-refractivity contribution in [3.05, 3.63) is 0 Å². The Morgan fingerprint density at radius 3 is 2.36 bits per heavy atom. The molecule has 14 heavy (non-hydrogen) atoms. The molecule has 0 saturated carbocycles. The molecule has 1 N–H and O–H groups in total. The fourth-order valence-electron chi connectivity index (χ4n) is 2.51. The molecule has 0 amide bonds. The van der Waals surface area contributed by atoms with Gasteiger partial charge >= 0.3 is 0 Å². The van der Waals surface area contributed by atoms with E-state index in [0.717, 1.165) is 6.42 Å². The van der Waals surface area contributed by atoms with Crippen LogP contribution < -0.4 is 0 Å². The van der Waals surface area contributed by atoms with Gasteiger partial charge in [0.1, 0.15) is 12.2 Å². The van der Waals surface area contributed by atoms with Gasteiger partial charge in [0.2, 0.25) is 0 Å². The monoisotopic (exact) mass is 202 g/mol. The van der Waals surface area contributed by atoms with Gasteiger partial charge in [0.15, 0.2) is 0 Å². The summed E-state index contributed by atoms with van der Waals surface area (Å²) >= 11 is 0. The lowest BCUT2D eigenvalue weighted by Crippen LogP contribution is -2.48. The maximum atomic E-state index is 9.92. The van der Waals surface area contributed by atoms with E-state index in [9.17, 15) is 5.11 Å². The SMILES string of the molecule is CC[C@]1(C(C)C)O[C@@H](C)[C@H](O)[C@@H]1OC. The van der Waals surface area contributed by atoms with E-state index >= 15 is 0 Å². The third kappa shape index (κ3) is 1.58. The molecular weight excluding hydrogens is 180 g/mol. The normalized spacial score (nSPS) is 43.5. The van der Waals surface area contributed by atoms with Gasteiger partial charge in [0.05, 0.1) is 11.7 Å². The van der Waals surface area contributed by atoms with Crippen LogP contribution in [0.5, 0.6) is 0 Å². The van der Waals surface area contributed by atoms with Crippen LogP contribution >= 0.6 is 0 Å². The van der Waals surface area contributed by atoms with E-state index in [1.54, 1.807) is 7.11 Å². The van der Waals surface area contributed by atoms with Crippen molar-refractivity contribution in [3.8, 4) is 0 Å². The topological polar surface area (TPSA) is 38.7 Å². The fraction of sp³-hybridized carbons (Fsp3) is 1.00. The van der Waals surface area contributed by atoms with E-state index in [1.165, 1.54) is 0 Å². The highest BCUT2D eigenvalue weighted by molar-refractivity contribution is 5.02. The standard InChI is InChI=1S/C11H22O3/c1-6-11(7(2)3)10(13-5)9(12)8(4)14-11/h7-10,12H,6H2,1-5H3/t8-,9-,10-,11+/m0/s1. The number of methoxy groups -OCH3 is 1. The van der Waals surface area contributed by atoms with Crippen LogP contribution in [-0.2, 0) is 9.47 Å². The lowest BCUT2D eigenvalue weighted by Gasteiger charge is -2.36. The van der Waals surface area contributed by atoms with Gasteiger partial charge in [0, 0.05) is 7.11 Å². The summed E-state index contributed by atoms with van der Waals surface area (Å²) in [5.41, 5.74) is -0.326. The Labute approximate surface area is 86.4 Å². The molecule has 0 aromatic carbocycles. The Balaban J connectivity index is 2.95. The van der Waals surface area contributed by atoms with Gasteiger partial charge in [-0.2, -0.15) is 0 Å². The van der Waals surface area contributed by atoms with Gasteiger partial charge in [-0.15, -0.1) is 0 Å². The van der Waals surface area contributed by atoms with E-state index in [1.807, 2.05) is 6.92 Å². The second-order valence-corrected chi connectivity index (χ2v) is 4.43. The van der Waals surface area contributed by atoms with Crippen molar-refractivity contribution < 1.29 is 14.6 Å². The number of rotatable bonds is 3. The van der Waals surface area contributed by atoms with Gasteiger partial charge in [-0.05, 0) is 19.3 Å². The summed E-state index contributed by atoms with van der Waals surface area (Å²) in [6.07, 6.45) is 0.0112. The van der Waals surface area contributed by atoms with Gasteiger partial charge in [-0.25, -0.2) is 0 Å². The zero-order valence-electron chi connectivity index (χ0n) is 9.78. The number of hydrogen-bond donors (Lipinski definition) is 1. The first-order valence-electron chi connectivity index (χ1n) is 5.38. The first kappa shape index (κ1) is 12.0. The van der Waals surface area contributed by atoms with Crippen LogP contribution in [-0.4, -0.2) is 36.1 Å². The van der Waals surface area contributed by atoms with Crippen LogP contribution in [0.2, 0.25) is 0 Å². The summed E-state index contributed by atoms with van der Waals surface area (Å²) in [6, 6.07) is 0. The molecule has 0 unspecified atom stereocenters. The summed E-state index contributed by atoms with van der Waals surface area (Å²) < 4.78 is 11.3. The predicted octanol–water partition coefficient (Wildman–Crippen LogP) is 1.59. The first-order chi connectivity index (χ1) is 6.49. The molecule has 1 heterocycles. The quantitative estimate of drug-likeness (QED) is 0.755. The third-order valence-corrected chi connectivity index (χ3v) is 3.46. The molecule has 0 aliphatic carbocycles. The second-order valence-electron chi connectivity index (χ2n) is 4.43. The molecule has 1 rings (SSSR count). The highest BCUT2D eigenvalue weighted by atomic mass is 16.6. The van der Waals surface area contributed by atoms with Crippen LogP contribution in [0, 0.1) is 5.92 Å². The molecule has 4 atom stereocenters. The average Bonchev–Trinajstić information content (AvgIpc) is 2.40. The van der Waals surface area contributed by atoms with Crippen molar-refractivity contribution in [1.29, 1.82) is 0 Å². The lowest BCUT2D eigenvalue weighted by atomic mass is 9.82. The van der Waals surface area contributed by atoms with Gasteiger partial charge < -0.3 is 14.6 Å². The maximum absolute atomic E-state index is 9.92. The highest BCUT2D eigenvalue weighted by Crippen LogP contribution is 2.40. The number of aliphatic hydroxyl groups excluding tert-OH is 1. The fourth-order valence-corrected chi connectivity index (χ4v) is 2.51. The summed E-state index contributed by atoms with van der Waals surface area (Å²) in [7, 11) is 1.64. The number of ether oxygens (including phenoxy) is 2. The zero-order valence-corrected chi connectivity index (χ0v) is 9.78. The molecule has 0 bridgehead atoms. The van der Waals surface area contributed by atoms with E-state index in [0.29, 0.717) is 5.92 Å². The van der Waals surface area contributed by atoms with Crippen LogP contribution in [0.3, 0.4) is 0 Å². The van der Waals surface area contributed by atoms with Gasteiger partial charge in [-0.3, -0.25) is 0 Å². The van der Waals surface area contributed by atoms with E-state index < -0.39 is 6.10 Å². The molecule has 3 nitrogen and oxygen atoms in total. The van der Waals surface area contributed by atoms with Gasteiger partial charge in [0.25, 0.3) is 0 Å². The molecule has 0 radical (unpaired) electrons. The Kier molecular flexibility index (Phi) is 3.56. The number of hydrogen-bond acceptors (Lipinski definition) is 3. The molecule has 1 aliphatic rings.